The fourth-order valence-electron chi connectivity index (χ4n) is 6.26. The molecule has 0 aromatic heterocycles. The quantitative estimate of drug-likeness (QED) is 0.359. The van der Waals surface area contributed by atoms with Crippen LogP contribution in [0.15, 0.2) is 12.2 Å². The van der Waals surface area contributed by atoms with Crippen molar-refractivity contribution < 1.29 is 29.6 Å². The van der Waals surface area contributed by atoms with Gasteiger partial charge in [0.05, 0.1) is 12.1 Å². The summed E-state index contributed by atoms with van der Waals surface area (Å²) in [5, 5.41) is 38.5. The molecule has 4 heterocycles. The van der Waals surface area contributed by atoms with E-state index in [4.69, 9.17) is 9.47 Å². The van der Waals surface area contributed by atoms with Gasteiger partial charge in [0.2, 0.25) is 5.91 Å². The van der Waals surface area contributed by atoms with Crippen LogP contribution in [-0.2, 0) is 14.3 Å². The number of allylic oxidation sites excluding steroid dienone is 1. The van der Waals surface area contributed by atoms with E-state index >= 15 is 0 Å². The molecule has 2 bridgehead atoms. The van der Waals surface area contributed by atoms with Crippen LogP contribution in [0, 0.1) is 23.2 Å². The average Bonchev–Trinajstić information content (AvgIpc) is 3.08. The van der Waals surface area contributed by atoms with Gasteiger partial charge in [0.25, 0.3) is 0 Å². The Morgan fingerprint density at radius 3 is 2.69 bits per heavy atom. The summed E-state index contributed by atoms with van der Waals surface area (Å²) in [4.78, 5) is 13.7. The molecule has 8 nitrogen and oxygen atoms in total. The zero-order valence-electron chi connectivity index (χ0n) is 21.4. The van der Waals surface area contributed by atoms with E-state index in [9.17, 15) is 20.1 Å². The summed E-state index contributed by atoms with van der Waals surface area (Å²) < 4.78 is 12.4. The highest BCUT2D eigenvalue weighted by Crippen LogP contribution is 2.39. The molecule has 3 fully saturated rings. The van der Waals surface area contributed by atoms with Crippen molar-refractivity contribution in [2.75, 3.05) is 18.9 Å². The monoisotopic (exact) mass is 512 g/mol. The van der Waals surface area contributed by atoms with Crippen molar-refractivity contribution in [3.8, 4) is 0 Å². The molecular weight excluding hydrogens is 468 g/mol. The van der Waals surface area contributed by atoms with Gasteiger partial charge in [-0.15, -0.1) is 11.8 Å². The lowest BCUT2D eigenvalue weighted by Gasteiger charge is -2.48. The molecule has 4 aliphatic heterocycles. The van der Waals surface area contributed by atoms with Crippen LogP contribution in [-0.4, -0.2) is 88.2 Å². The lowest BCUT2D eigenvalue weighted by atomic mass is 9.75. The van der Waals surface area contributed by atoms with E-state index in [2.05, 4.69) is 30.6 Å². The molecule has 9 heteroatoms. The van der Waals surface area contributed by atoms with Gasteiger partial charge in [0.1, 0.15) is 35.9 Å². The van der Waals surface area contributed by atoms with Crippen LogP contribution in [0.2, 0.25) is 0 Å². The highest BCUT2D eigenvalue weighted by atomic mass is 32.2. The molecule has 4 rings (SSSR count). The molecule has 0 saturated carbocycles. The molecule has 200 valence electrons. The van der Waals surface area contributed by atoms with Crippen molar-refractivity contribution in [2.24, 2.45) is 23.2 Å². The van der Waals surface area contributed by atoms with Crippen molar-refractivity contribution in [1.82, 2.24) is 10.6 Å². The molecule has 4 aliphatic rings. The Labute approximate surface area is 213 Å². The first-order valence-electron chi connectivity index (χ1n) is 13.2. The van der Waals surface area contributed by atoms with Crippen LogP contribution in [0.25, 0.3) is 0 Å². The second-order valence-electron chi connectivity index (χ2n) is 11.9. The molecule has 0 radical (unpaired) electrons. The Morgan fingerprint density at radius 2 is 1.94 bits per heavy atom. The minimum Gasteiger partial charge on any atom is -0.388 e. The summed E-state index contributed by atoms with van der Waals surface area (Å²) in [6.07, 6.45) is 3.16. The number of hydrogen-bond donors (Lipinski definition) is 5. The van der Waals surface area contributed by atoms with Crippen LogP contribution in [0.3, 0.4) is 0 Å². The molecule has 0 spiro atoms. The molecular formula is C26H44N2O6S. The van der Waals surface area contributed by atoms with E-state index in [0.29, 0.717) is 36.5 Å². The molecule has 35 heavy (non-hydrogen) atoms. The fourth-order valence-corrected chi connectivity index (χ4v) is 7.26. The largest absolute Gasteiger partial charge is 0.388 e. The predicted molar refractivity (Wildman–Crippen MR) is 136 cm³/mol. The Balaban J connectivity index is 1.52. The van der Waals surface area contributed by atoms with E-state index in [1.165, 1.54) is 18.2 Å². The van der Waals surface area contributed by atoms with E-state index in [1.807, 2.05) is 19.9 Å². The third-order valence-corrected chi connectivity index (χ3v) is 9.30. The molecule has 3 saturated heterocycles. The third-order valence-electron chi connectivity index (χ3n) is 8.19. The average molecular weight is 513 g/mol. The maximum absolute atomic E-state index is 13.7. The summed E-state index contributed by atoms with van der Waals surface area (Å²) in [7, 11) is 0. The van der Waals surface area contributed by atoms with Crippen molar-refractivity contribution in [2.45, 2.75) is 101 Å². The van der Waals surface area contributed by atoms with Crippen LogP contribution in [0.5, 0.6) is 0 Å². The summed E-state index contributed by atoms with van der Waals surface area (Å²) in [5.41, 5.74) is -1.15. The fraction of sp³-hybridized carbons (Fsp3) is 0.885. The highest BCUT2D eigenvalue weighted by molar-refractivity contribution is 7.99. The van der Waals surface area contributed by atoms with Gasteiger partial charge < -0.3 is 35.4 Å². The van der Waals surface area contributed by atoms with Crippen LogP contribution in [0.1, 0.15) is 53.4 Å². The van der Waals surface area contributed by atoms with E-state index < -0.39 is 47.4 Å². The van der Waals surface area contributed by atoms with E-state index in [1.54, 1.807) is 0 Å². The number of rotatable bonds is 4. The van der Waals surface area contributed by atoms with Gasteiger partial charge in [-0.3, -0.25) is 4.79 Å². The molecule has 0 aliphatic carbocycles. The summed E-state index contributed by atoms with van der Waals surface area (Å²) in [6.45, 7) is 9.98. The molecule has 0 aromatic carbocycles. The Bertz CT molecular complexity index is 764. The lowest BCUT2D eigenvalue weighted by molar-refractivity contribution is -0.212. The van der Waals surface area contributed by atoms with Crippen molar-refractivity contribution >= 4 is 17.7 Å². The van der Waals surface area contributed by atoms with Crippen LogP contribution >= 0.6 is 11.8 Å². The predicted octanol–water partition coefficient (Wildman–Crippen LogP) is 1.43. The number of nitrogens with one attached hydrogen (secondary N) is 2. The van der Waals surface area contributed by atoms with E-state index in [-0.39, 0.29) is 12.0 Å². The number of fused-ring (bicyclic) bond motifs is 3. The van der Waals surface area contributed by atoms with Gasteiger partial charge in [-0.1, -0.05) is 39.8 Å². The number of carbonyl (C=O) groups excluding carboxylic acids is 1. The first-order chi connectivity index (χ1) is 16.6. The number of hydrogen-bond acceptors (Lipinski definition) is 8. The van der Waals surface area contributed by atoms with Gasteiger partial charge in [0.15, 0.2) is 0 Å². The lowest BCUT2D eigenvalue weighted by Crippen LogP contribution is -2.67. The van der Waals surface area contributed by atoms with Gasteiger partial charge in [-0.25, -0.2) is 0 Å². The normalized spacial score (nSPS) is 44.8. The SMILES string of the molecule is CC(C)C[C@@H]1CCO[C@@H]2[C@H](CN[C@@H]2C(=O)N[C@H]2C3OC(SC/C=C/CC2(C)C)C(O)C(O)C3O)C1. The summed E-state index contributed by atoms with van der Waals surface area (Å²) >= 11 is 1.38. The maximum Gasteiger partial charge on any atom is 0.240 e. The van der Waals surface area contributed by atoms with Crippen molar-refractivity contribution in [3.63, 3.8) is 0 Å². The molecule has 10 atom stereocenters. The standard InChI is InChI=1S/C26H44N2O6S/c1-14(2)11-15-7-9-33-21-16(12-15)13-27-17(21)24(32)28-23-22-19(30)18(29)20(31)25(34-22)35-10-6-5-8-26(23,3)4/h5-6,14-23,25,27,29-31H,7-13H2,1-4H3,(H,28,32)/b6-5+/t15-,16-,17-,18?,19?,20?,21+,22?,23-,25?/m0/s1. The van der Waals surface area contributed by atoms with Crippen molar-refractivity contribution in [3.05, 3.63) is 12.2 Å². The van der Waals surface area contributed by atoms with Crippen LogP contribution in [0.4, 0.5) is 0 Å². The zero-order valence-corrected chi connectivity index (χ0v) is 22.2. The number of ether oxygens (including phenoxy) is 2. The molecule has 5 unspecified atom stereocenters. The second kappa shape index (κ2) is 11.4. The zero-order chi connectivity index (χ0) is 25.3. The highest BCUT2D eigenvalue weighted by Gasteiger charge is 2.52. The minimum atomic E-state index is -1.35. The number of carbonyl (C=O) groups is 1. The topological polar surface area (TPSA) is 120 Å². The van der Waals surface area contributed by atoms with Gasteiger partial charge in [0, 0.05) is 18.9 Å². The second-order valence-corrected chi connectivity index (χ2v) is 13.1. The van der Waals surface area contributed by atoms with E-state index in [0.717, 1.165) is 19.4 Å². The van der Waals surface area contributed by atoms with Gasteiger partial charge in [-0.05, 0) is 48.9 Å². The Hall–Kier alpha value is -0.680. The summed E-state index contributed by atoms with van der Waals surface area (Å²) in [5.74, 6) is 2.03. The van der Waals surface area contributed by atoms with Crippen molar-refractivity contribution in [1.29, 1.82) is 0 Å². The van der Waals surface area contributed by atoms with Gasteiger partial charge in [-0.2, -0.15) is 0 Å². The number of aliphatic hydroxyl groups excluding tert-OH is 3. The Morgan fingerprint density at radius 1 is 1.17 bits per heavy atom. The number of amides is 1. The third kappa shape index (κ3) is 6.08. The molecule has 1 amide bonds. The summed E-state index contributed by atoms with van der Waals surface area (Å²) in [6, 6.07) is -1.04. The number of aliphatic hydroxyl groups is 3. The first-order valence-corrected chi connectivity index (χ1v) is 14.2. The maximum atomic E-state index is 13.7. The van der Waals surface area contributed by atoms with Crippen LogP contribution < -0.4 is 10.6 Å². The first kappa shape index (κ1) is 27.4. The smallest absolute Gasteiger partial charge is 0.240 e. The van der Waals surface area contributed by atoms with Gasteiger partial charge >= 0.3 is 0 Å². The Kier molecular flexibility index (Phi) is 8.89. The molecule has 5 N–H and O–H groups in total. The molecule has 0 aromatic rings. The number of thioether (sulfide) groups is 1. The minimum absolute atomic E-state index is 0.167.